The lowest BCUT2D eigenvalue weighted by atomic mass is 10.2. The number of aryl methyl sites for hydroxylation is 2. The van der Waals surface area contributed by atoms with Gasteiger partial charge in [0.05, 0.1) is 17.9 Å². The number of carbonyl (C=O) groups is 2. The number of phenolic OH excluding ortho intramolecular Hbond substituents is 1. The van der Waals surface area contributed by atoms with Crippen molar-refractivity contribution in [2.24, 2.45) is 0 Å². The summed E-state index contributed by atoms with van der Waals surface area (Å²) in [5.74, 6) is -0.827. The molecule has 0 radical (unpaired) electrons. The van der Waals surface area contributed by atoms with Crippen molar-refractivity contribution in [3.05, 3.63) is 58.9 Å². The lowest BCUT2D eigenvalue weighted by Gasteiger charge is -2.07. The number of thiazole rings is 1. The third kappa shape index (κ3) is 4.52. The monoisotopic (exact) mass is 396 g/mol. The number of phenols is 1. The van der Waals surface area contributed by atoms with E-state index in [1.165, 1.54) is 17.4 Å². The summed E-state index contributed by atoms with van der Waals surface area (Å²) in [5.41, 5.74) is 2.77. The highest BCUT2D eigenvalue weighted by molar-refractivity contribution is 7.17. The zero-order valence-electron chi connectivity index (χ0n) is 15.5. The van der Waals surface area contributed by atoms with Crippen molar-refractivity contribution >= 4 is 28.8 Å². The predicted octanol–water partition coefficient (Wildman–Crippen LogP) is 3.15. The Morgan fingerprint density at radius 2 is 2.00 bits per heavy atom. The van der Waals surface area contributed by atoms with E-state index in [2.05, 4.69) is 20.6 Å². The molecule has 144 valence electrons. The zero-order valence-corrected chi connectivity index (χ0v) is 16.3. The van der Waals surface area contributed by atoms with Gasteiger partial charge >= 0.3 is 0 Å². The number of hydrogen-bond acceptors (Lipinski definition) is 6. The van der Waals surface area contributed by atoms with Gasteiger partial charge in [-0.15, -0.1) is 11.3 Å². The number of aromatic nitrogens is 2. The van der Waals surface area contributed by atoms with Gasteiger partial charge in [-0.05, 0) is 37.6 Å². The van der Waals surface area contributed by atoms with Gasteiger partial charge in [0.1, 0.15) is 15.6 Å². The van der Waals surface area contributed by atoms with E-state index in [1.54, 1.807) is 31.3 Å². The molecule has 0 saturated heterocycles. The summed E-state index contributed by atoms with van der Waals surface area (Å²) in [6, 6.07) is 10.2. The summed E-state index contributed by atoms with van der Waals surface area (Å²) >= 11 is 1.28. The number of nitrogens with zero attached hydrogens (tertiary/aromatic N) is 2. The fraction of sp³-hybridized carbons (Fsp3) is 0.200. The molecule has 0 aliphatic rings. The average molecular weight is 396 g/mol. The van der Waals surface area contributed by atoms with Crippen molar-refractivity contribution in [2.45, 2.75) is 20.3 Å². The highest BCUT2D eigenvalue weighted by atomic mass is 32.1. The van der Waals surface area contributed by atoms with Crippen molar-refractivity contribution in [1.29, 1.82) is 0 Å². The van der Waals surface area contributed by atoms with E-state index in [0.717, 1.165) is 22.7 Å². The summed E-state index contributed by atoms with van der Waals surface area (Å²) < 4.78 is 0. The molecule has 2 aromatic heterocycles. The van der Waals surface area contributed by atoms with E-state index >= 15 is 0 Å². The summed E-state index contributed by atoms with van der Waals surface area (Å²) in [6.07, 6.45) is 2.55. The van der Waals surface area contributed by atoms with Crippen molar-refractivity contribution < 1.29 is 14.7 Å². The molecule has 0 fully saturated rings. The smallest absolute Gasteiger partial charge is 0.263 e. The van der Waals surface area contributed by atoms with Crippen LogP contribution in [0.3, 0.4) is 0 Å². The van der Waals surface area contributed by atoms with Gasteiger partial charge in [0.2, 0.25) is 5.91 Å². The van der Waals surface area contributed by atoms with E-state index < -0.39 is 5.91 Å². The van der Waals surface area contributed by atoms with Gasteiger partial charge < -0.3 is 15.7 Å². The molecule has 0 spiro atoms. The van der Waals surface area contributed by atoms with Crippen LogP contribution in [0.25, 0.3) is 10.6 Å². The fourth-order valence-electron chi connectivity index (χ4n) is 2.55. The van der Waals surface area contributed by atoms with Gasteiger partial charge in [-0.3, -0.25) is 14.6 Å². The Kier molecular flexibility index (Phi) is 6.00. The first-order valence-corrected chi connectivity index (χ1v) is 9.58. The van der Waals surface area contributed by atoms with E-state index in [1.807, 2.05) is 19.1 Å². The van der Waals surface area contributed by atoms with E-state index in [-0.39, 0.29) is 18.2 Å². The van der Waals surface area contributed by atoms with E-state index in [0.29, 0.717) is 16.3 Å². The van der Waals surface area contributed by atoms with Crippen molar-refractivity contribution in [3.8, 4) is 16.3 Å². The summed E-state index contributed by atoms with van der Waals surface area (Å²) in [4.78, 5) is 33.7. The number of rotatable bonds is 6. The lowest BCUT2D eigenvalue weighted by molar-refractivity contribution is -0.115. The van der Waals surface area contributed by atoms with E-state index in [9.17, 15) is 14.7 Å². The molecule has 3 aromatic rings. The summed E-state index contributed by atoms with van der Waals surface area (Å²) in [7, 11) is 0. The average Bonchev–Trinajstić information content (AvgIpc) is 3.10. The number of carbonyl (C=O) groups excluding carboxylic acids is 2. The van der Waals surface area contributed by atoms with Gasteiger partial charge in [0, 0.05) is 17.5 Å². The van der Waals surface area contributed by atoms with Gasteiger partial charge in [-0.1, -0.05) is 19.1 Å². The Bertz CT molecular complexity index is 1020. The molecule has 2 amide bonds. The number of pyridine rings is 1. The molecule has 1 aromatic carbocycles. The second-order valence-corrected chi connectivity index (χ2v) is 7.07. The minimum absolute atomic E-state index is 0.0334. The molecule has 8 heteroatoms. The molecular weight excluding hydrogens is 376 g/mol. The lowest BCUT2D eigenvalue weighted by Crippen LogP contribution is -2.32. The number of aromatic hydroxyl groups is 1. The molecule has 3 rings (SSSR count). The third-order valence-corrected chi connectivity index (χ3v) is 5.22. The van der Waals surface area contributed by atoms with E-state index in [4.69, 9.17) is 0 Å². The molecule has 0 saturated carbocycles. The highest BCUT2D eigenvalue weighted by Crippen LogP contribution is 2.28. The van der Waals surface area contributed by atoms with Crippen LogP contribution < -0.4 is 10.6 Å². The highest BCUT2D eigenvalue weighted by Gasteiger charge is 2.17. The zero-order chi connectivity index (χ0) is 20.1. The van der Waals surface area contributed by atoms with Crippen LogP contribution >= 0.6 is 11.3 Å². The Hall–Kier alpha value is -3.26. The van der Waals surface area contributed by atoms with Gasteiger partial charge in [-0.2, -0.15) is 0 Å². The van der Waals surface area contributed by atoms with Gasteiger partial charge in [0.15, 0.2) is 0 Å². The topological polar surface area (TPSA) is 104 Å². The SMILES string of the molecule is CCc1cc(-c2nc(C)c(C(=O)NCC(=O)Nc3ccccc3O)s2)ccn1. The number of benzene rings is 1. The normalized spacial score (nSPS) is 10.5. The molecule has 3 N–H and O–H groups in total. The molecule has 0 aliphatic carbocycles. The number of nitrogens with one attached hydrogen (secondary N) is 2. The van der Waals surface area contributed by atoms with Crippen LogP contribution in [0.5, 0.6) is 5.75 Å². The molecule has 0 aliphatic heterocycles. The Balaban J connectivity index is 1.65. The Labute approximate surface area is 166 Å². The number of anilines is 1. The van der Waals surface area contributed by atoms with Crippen LogP contribution in [-0.4, -0.2) is 33.4 Å². The second-order valence-electron chi connectivity index (χ2n) is 6.07. The van der Waals surface area contributed by atoms with Crippen molar-refractivity contribution in [3.63, 3.8) is 0 Å². The van der Waals surface area contributed by atoms with Crippen LogP contribution in [0.15, 0.2) is 42.6 Å². The minimum Gasteiger partial charge on any atom is -0.506 e. The maximum Gasteiger partial charge on any atom is 0.263 e. The standard InChI is InChI=1S/C20H20N4O3S/c1-3-14-10-13(8-9-21-14)20-23-12(2)18(28-20)19(27)22-11-17(26)24-15-6-4-5-7-16(15)25/h4-10,25H,3,11H2,1-2H3,(H,22,27)(H,24,26). The first kappa shape index (κ1) is 19.5. The maximum absolute atomic E-state index is 12.5. The van der Waals surface area contributed by atoms with Crippen molar-refractivity contribution in [1.82, 2.24) is 15.3 Å². The fourth-order valence-corrected chi connectivity index (χ4v) is 3.53. The molecule has 0 unspecified atom stereocenters. The first-order valence-electron chi connectivity index (χ1n) is 8.76. The Morgan fingerprint density at radius 3 is 2.75 bits per heavy atom. The van der Waals surface area contributed by atoms with Crippen molar-refractivity contribution in [2.75, 3.05) is 11.9 Å². The molecule has 7 nitrogen and oxygen atoms in total. The van der Waals surface area contributed by atoms with Crippen LogP contribution in [0.4, 0.5) is 5.69 Å². The number of para-hydroxylation sites is 2. The summed E-state index contributed by atoms with van der Waals surface area (Å²) in [5, 5.41) is 15.6. The second kappa shape index (κ2) is 8.62. The van der Waals surface area contributed by atoms with Crippen LogP contribution in [0.2, 0.25) is 0 Å². The minimum atomic E-state index is -0.432. The van der Waals surface area contributed by atoms with Crippen LogP contribution in [0.1, 0.15) is 28.0 Å². The third-order valence-electron chi connectivity index (χ3n) is 4.02. The maximum atomic E-state index is 12.5. The first-order chi connectivity index (χ1) is 13.5. The quantitative estimate of drug-likeness (QED) is 0.555. The van der Waals surface area contributed by atoms with Gasteiger partial charge in [-0.25, -0.2) is 4.98 Å². The molecule has 28 heavy (non-hydrogen) atoms. The molecule has 0 atom stereocenters. The van der Waals surface area contributed by atoms with Crippen LogP contribution in [-0.2, 0) is 11.2 Å². The molecule has 2 heterocycles. The number of amides is 2. The van der Waals surface area contributed by atoms with Crippen LogP contribution in [0, 0.1) is 6.92 Å². The summed E-state index contributed by atoms with van der Waals surface area (Å²) in [6.45, 7) is 3.58. The predicted molar refractivity (Wildman–Crippen MR) is 109 cm³/mol. The molecular formula is C20H20N4O3S. The largest absolute Gasteiger partial charge is 0.506 e. The Morgan fingerprint density at radius 1 is 1.21 bits per heavy atom. The number of hydrogen-bond donors (Lipinski definition) is 3. The molecule has 0 bridgehead atoms. The van der Waals surface area contributed by atoms with Gasteiger partial charge in [0.25, 0.3) is 5.91 Å².